The lowest BCUT2D eigenvalue weighted by atomic mass is 10.1. The van der Waals surface area contributed by atoms with E-state index in [1.807, 2.05) is 25.3 Å². The van der Waals surface area contributed by atoms with Crippen LogP contribution in [0.5, 0.6) is 0 Å². The van der Waals surface area contributed by atoms with Gasteiger partial charge in [0, 0.05) is 22.8 Å². The number of nitrogens with zero attached hydrogens (tertiary/aromatic N) is 3. The number of rotatable bonds is 3. The van der Waals surface area contributed by atoms with Gasteiger partial charge in [-0.05, 0) is 19.1 Å². The highest BCUT2D eigenvalue weighted by Gasteiger charge is 2.06. The van der Waals surface area contributed by atoms with Gasteiger partial charge in [-0.2, -0.15) is 5.10 Å². The molecule has 0 radical (unpaired) electrons. The van der Waals surface area contributed by atoms with Crippen molar-refractivity contribution in [3.63, 3.8) is 0 Å². The summed E-state index contributed by atoms with van der Waals surface area (Å²) in [5.74, 6) is 0. The van der Waals surface area contributed by atoms with Crippen LogP contribution >= 0.6 is 11.6 Å². The van der Waals surface area contributed by atoms with Crippen molar-refractivity contribution < 1.29 is 0 Å². The average Bonchev–Trinajstić information content (AvgIpc) is 2.76. The normalized spacial score (nSPS) is 12.1. The van der Waals surface area contributed by atoms with E-state index in [0.29, 0.717) is 17.3 Å². The Balaban J connectivity index is 2.29. The van der Waals surface area contributed by atoms with Gasteiger partial charge in [-0.25, -0.2) is 4.85 Å². The molecule has 0 aliphatic heterocycles. The van der Waals surface area contributed by atoms with E-state index < -0.39 is 0 Å². The van der Waals surface area contributed by atoms with Crippen LogP contribution in [0.15, 0.2) is 30.5 Å². The van der Waals surface area contributed by atoms with E-state index in [1.165, 1.54) is 0 Å². The Morgan fingerprint density at radius 2 is 2.28 bits per heavy atom. The standard InChI is InChI=1S/C13H13ClN4/c1-9(15)8-18-6-5-12(17-18)10-3-4-13(16-2)11(14)7-10/h3-7,9H,8,15H2,1H3/t9-/m0/s1. The second-order valence-electron chi connectivity index (χ2n) is 4.18. The molecule has 5 heteroatoms. The lowest BCUT2D eigenvalue weighted by molar-refractivity contribution is 0.540. The summed E-state index contributed by atoms with van der Waals surface area (Å²) >= 11 is 6.00. The molecule has 0 amide bonds. The first kappa shape index (κ1) is 12.6. The van der Waals surface area contributed by atoms with Crippen LogP contribution in [0, 0.1) is 6.57 Å². The first-order chi connectivity index (χ1) is 8.60. The van der Waals surface area contributed by atoms with Crippen LogP contribution in [-0.4, -0.2) is 15.8 Å². The molecule has 92 valence electrons. The molecular weight excluding hydrogens is 248 g/mol. The van der Waals surface area contributed by atoms with E-state index in [2.05, 4.69) is 9.94 Å². The van der Waals surface area contributed by atoms with E-state index in [1.54, 1.807) is 16.8 Å². The predicted molar refractivity (Wildman–Crippen MR) is 72.6 cm³/mol. The molecule has 1 heterocycles. The number of benzene rings is 1. The molecule has 2 aromatic rings. The van der Waals surface area contributed by atoms with Gasteiger partial charge in [-0.15, -0.1) is 0 Å². The quantitative estimate of drug-likeness (QED) is 0.862. The maximum Gasteiger partial charge on any atom is 0.205 e. The molecule has 18 heavy (non-hydrogen) atoms. The second kappa shape index (κ2) is 5.21. The summed E-state index contributed by atoms with van der Waals surface area (Å²) in [6, 6.07) is 7.28. The number of aromatic nitrogens is 2. The van der Waals surface area contributed by atoms with Crippen molar-refractivity contribution in [2.45, 2.75) is 19.5 Å². The van der Waals surface area contributed by atoms with Gasteiger partial charge in [0.1, 0.15) is 0 Å². The fourth-order valence-corrected chi connectivity index (χ4v) is 1.89. The van der Waals surface area contributed by atoms with Crippen LogP contribution in [0.3, 0.4) is 0 Å². The Morgan fingerprint density at radius 3 is 2.89 bits per heavy atom. The van der Waals surface area contributed by atoms with E-state index in [9.17, 15) is 0 Å². The molecule has 0 bridgehead atoms. The van der Waals surface area contributed by atoms with Crippen LogP contribution < -0.4 is 5.73 Å². The zero-order valence-corrected chi connectivity index (χ0v) is 10.7. The fourth-order valence-electron chi connectivity index (χ4n) is 1.67. The molecule has 1 aromatic carbocycles. The zero-order chi connectivity index (χ0) is 13.1. The van der Waals surface area contributed by atoms with Crippen LogP contribution in [0.25, 0.3) is 16.1 Å². The van der Waals surface area contributed by atoms with Gasteiger partial charge in [0.05, 0.1) is 18.8 Å². The minimum Gasteiger partial charge on any atom is -0.326 e. The van der Waals surface area contributed by atoms with Crippen molar-refractivity contribution in [2.24, 2.45) is 5.73 Å². The maximum absolute atomic E-state index is 6.95. The molecule has 0 fully saturated rings. The van der Waals surface area contributed by atoms with Gasteiger partial charge >= 0.3 is 0 Å². The highest BCUT2D eigenvalue weighted by molar-refractivity contribution is 6.33. The van der Waals surface area contributed by atoms with Crippen molar-refractivity contribution in [3.05, 3.63) is 46.9 Å². The summed E-state index contributed by atoms with van der Waals surface area (Å²) < 4.78 is 1.80. The molecule has 0 saturated heterocycles. The van der Waals surface area contributed by atoms with E-state index in [-0.39, 0.29) is 6.04 Å². The van der Waals surface area contributed by atoms with Gasteiger partial charge in [0.15, 0.2) is 0 Å². The molecule has 0 aliphatic carbocycles. The molecule has 0 spiro atoms. The van der Waals surface area contributed by atoms with Crippen molar-refractivity contribution in [3.8, 4) is 11.3 Å². The highest BCUT2D eigenvalue weighted by Crippen LogP contribution is 2.29. The lowest BCUT2D eigenvalue weighted by Gasteiger charge is -2.04. The average molecular weight is 261 g/mol. The summed E-state index contributed by atoms with van der Waals surface area (Å²) in [5.41, 5.74) is 7.90. The van der Waals surface area contributed by atoms with E-state index in [4.69, 9.17) is 23.9 Å². The summed E-state index contributed by atoms with van der Waals surface area (Å²) in [6.07, 6.45) is 1.88. The van der Waals surface area contributed by atoms with Gasteiger partial charge in [0.25, 0.3) is 0 Å². The van der Waals surface area contributed by atoms with Crippen molar-refractivity contribution in [2.75, 3.05) is 0 Å². The highest BCUT2D eigenvalue weighted by atomic mass is 35.5. The molecule has 1 aromatic heterocycles. The number of hydrogen-bond acceptors (Lipinski definition) is 2. The van der Waals surface area contributed by atoms with Gasteiger partial charge in [-0.3, -0.25) is 4.68 Å². The van der Waals surface area contributed by atoms with Crippen molar-refractivity contribution in [1.29, 1.82) is 0 Å². The Morgan fingerprint density at radius 1 is 1.50 bits per heavy atom. The number of nitrogens with two attached hydrogens (primary N) is 1. The predicted octanol–water partition coefficient (Wildman–Crippen LogP) is 3.10. The largest absolute Gasteiger partial charge is 0.326 e. The van der Waals surface area contributed by atoms with Crippen LogP contribution in [0.1, 0.15) is 6.92 Å². The second-order valence-corrected chi connectivity index (χ2v) is 4.59. The van der Waals surface area contributed by atoms with E-state index in [0.717, 1.165) is 11.3 Å². The fraction of sp³-hybridized carbons (Fsp3) is 0.231. The Bertz CT molecular complexity index is 595. The molecule has 0 unspecified atom stereocenters. The smallest absolute Gasteiger partial charge is 0.205 e. The molecule has 4 nitrogen and oxygen atoms in total. The molecular formula is C13H13ClN4. The third kappa shape index (κ3) is 2.70. The minimum atomic E-state index is 0.0610. The third-order valence-electron chi connectivity index (χ3n) is 2.48. The minimum absolute atomic E-state index is 0.0610. The van der Waals surface area contributed by atoms with E-state index >= 15 is 0 Å². The van der Waals surface area contributed by atoms with Gasteiger partial charge in [-0.1, -0.05) is 23.7 Å². The maximum atomic E-state index is 6.95. The SMILES string of the molecule is [C-]#[N+]c1ccc(-c2ccn(C[C@H](C)N)n2)cc1Cl. The summed E-state index contributed by atoms with van der Waals surface area (Å²) in [5, 5.41) is 4.87. The van der Waals surface area contributed by atoms with Gasteiger partial charge in [0.2, 0.25) is 5.69 Å². The Hall–Kier alpha value is -1.83. The van der Waals surface area contributed by atoms with Gasteiger partial charge < -0.3 is 5.73 Å². The monoisotopic (exact) mass is 260 g/mol. The summed E-state index contributed by atoms with van der Waals surface area (Å²) in [6.45, 7) is 9.56. The van der Waals surface area contributed by atoms with Crippen LogP contribution in [-0.2, 0) is 6.54 Å². The topological polar surface area (TPSA) is 48.2 Å². The number of hydrogen-bond donors (Lipinski definition) is 1. The van der Waals surface area contributed by atoms with Crippen molar-refractivity contribution in [1.82, 2.24) is 9.78 Å². The number of halogens is 1. The Kier molecular flexibility index (Phi) is 3.66. The molecule has 0 saturated carbocycles. The first-order valence-electron chi connectivity index (χ1n) is 5.56. The molecule has 2 rings (SSSR count). The summed E-state index contributed by atoms with van der Waals surface area (Å²) in [4.78, 5) is 3.33. The first-order valence-corrected chi connectivity index (χ1v) is 5.94. The van der Waals surface area contributed by atoms with Crippen LogP contribution in [0.4, 0.5) is 5.69 Å². The zero-order valence-electron chi connectivity index (χ0n) is 9.97. The van der Waals surface area contributed by atoms with Crippen LogP contribution in [0.2, 0.25) is 5.02 Å². The molecule has 2 N–H and O–H groups in total. The molecule has 1 atom stereocenters. The Labute approximate surface area is 111 Å². The summed E-state index contributed by atoms with van der Waals surface area (Å²) in [7, 11) is 0. The third-order valence-corrected chi connectivity index (χ3v) is 2.78. The lowest BCUT2D eigenvalue weighted by Crippen LogP contribution is -2.22. The molecule has 0 aliphatic rings. The van der Waals surface area contributed by atoms with Crippen molar-refractivity contribution >= 4 is 17.3 Å².